The molecule has 7 nitrogen and oxygen atoms in total. The second-order valence-electron chi connectivity index (χ2n) is 6.45. The van der Waals surface area contributed by atoms with Gasteiger partial charge in [0, 0.05) is 17.7 Å². The molecule has 0 saturated heterocycles. The Bertz CT molecular complexity index is 1140. The number of hydrogen-bond acceptors (Lipinski definition) is 6. The molecule has 2 amide bonds. The molecule has 1 aliphatic rings. The van der Waals surface area contributed by atoms with Gasteiger partial charge in [0.05, 0.1) is 12.7 Å². The summed E-state index contributed by atoms with van der Waals surface area (Å²) in [7, 11) is 1.31. The van der Waals surface area contributed by atoms with Crippen molar-refractivity contribution in [1.29, 1.82) is 5.26 Å². The summed E-state index contributed by atoms with van der Waals surface area (Å²) in [6, 6.07) is 12.0. The topological polar surface area (TPSA) is 101 Å². The molecule has 0 unspecified atom stereocenters. The molecule has 0 fully saturated rings. The lowest BCUT2D eigenvalue weighted by Gasteiger charge is -2.26. The number of hydrogen-bond donors (Lipinski definition) is 0. The van der Waals surface area contributed by atoms with Crippen molar-refractivity contribution in [2.24, 2.45) is 0 Å². The number of benzene rings is 1. The van der Waals surface area contributed by atoms with E-state index < -0.39 is 17.8 Å². The molecule has 0 atom stereocenters. The largest absolute Gasteiger partial charge is 0.465 e. The SMILES string of the molecule is C=CCN1C(=O)C(C#N)=C(C)/C(=C\c2ccc(-c3ccc(C(=O)OC)cc3)o2)C1=O. The molecule has 0 N–H and O–H groups in total. The zero-order valence-electron chi connectivity index (χ0n) is 16.5. The molecule has 2 aromatic rings. The van der Waals surface area contributed by atoms with E-state index in [0.29, 0.717) is 22.7 Å². The van der Waals surface area contributed by atoms with Gasteiger partial charge in [-0.3, -0.25) is 14.5 Å². The Labute approximate surface area is 173 Å². The quantitative estimate of drug-likeness (QED) is 0.328. The predicted octanol–water partition coefficient (Wildman–Crippen LogP) is 3.51. The van der Waals surface area contributed by atoms with Crippen LogP contribution in [0.15, 0.2) is 70.2 Å². The van der Waals surface area contributed by atoms with Crippen molar-refractivity contribution in [3.8, 4) is 17.4 Å². The number of rotatable bonds is 5. The normalized spacial score (nSPS) is 15.4. The Hall–Kier alpha value is -4.18. The van der Waals surface area contributed by atoms with Gasteiger partial charge in [0.2, 0.25) is 0 Å². The van der Waals surface area contributed by atoms with Gasteiger partial charge in [0.1, 0.15) is 23.2 Å². The van der Waals surface area contributed by atoms with Crippen molar-refractivity contribution in [3.63, 3.8) is 0 Å². The van der Waals surface area contributed by atoms with Crippen LogP contribution in [0.1, 0.15) is 23.0 Å². The fraction of sp³-hybridized carbons (Fsp3) is 0.130. The van der Waals surface area contributed by atoms with Crippen molar-refractivity contribution in [1.82, 2.24) is 4.90 Å². The smallest absolute Gasteiger partial charge is 0.337 e. The molecule has 7 heteroatoms. The molecule has 1 aromatic heterocycles. The van der Waals surface area contributed by atoms with Crippen LogP contribution in [0, 0.1) is 11.3 Å². The lowest BCUT2D eigenvalue weighted by atomic mass is 9.94. The summed E-state index contributed by atoms with van der Waals surface area (Å²) >= 11 is 0. The van der Waals surface area contributed by atoms with E-state index in [1.165, 1.54) is 19.3 Å². The Balaban J connectivity index is 1.96. The first-order valence-electron chi connectivity index (χ1n) is 9.00. The number of carbonyl (C=O) groups is 3. The van der Waals surface area contributed by atoms with Crippen LogP contribution in [0.3, 0.4) is 0 Å². The summed E-state index contributed by atoms with van der Waals surface area (Å²) in [5.74, 6) is -0.673. The zero-order chi connectivity index (χ0) is 21.8. The molecule has 30 heavy (non-hydrogen) atoms. The molecule has 0 bridgehead atoms. The van der Waals surface area contributed by atoms with E-state index >= 15 is 0 Å². The number of ether oxygens (including phenoxy) is 1. The molecule has 1 aromatic carbocycles. The first-order chi connectivity index (χ1) is 14.4. The van der Waals surface area contributed by atoms with Crippen LogP contribution in [0.4, 0.5) is 0 Å². The van der Waals surface area contributed by atoms with E-state index in [-0.39, 0.29) is 17.7 Å². The number of methoxy groups -OCH3 is 1. The van der Waals surface area contributed by atoms with E-state index in [0.717, 1.165) is 10.5 Å². The van der Waals surface area contributed by atoms with E-state index in [1.54, 1.807) is 43.3 Å². The van der Waals surface area contributed by atoms with Crippen molar-refractivity contribution in [2.75, 3.05) is 13.7 Å². The monoisotopic (exact) mass is 402 g/mol. The van der Waals surface area contributed by atoms with Crippen LogP contribution in [-0.4, -0.2) is 36.3 Å². The number of nitriles is 1. The minimum absolute atomic E-state index is 0.00339. The fourth-order valence-electron chi connectivity index (χ4n) is 3.04. The Morgan fingerprint density at radius 1 is 1.20 bits per heavy atom. The summed E-state index contributed by atoms with van der Waals surface area (Å²) in [5, 5.41) is 9.34. The van der Waals surface area contributed by atoms with Crippen LogP contribution in [0.2, 0.25) is 0 Å². The maximum atomic E-state index is 12.8. The predicted molar refractivity (Wildman–Crippen MR) is 109 cm³/mol. The van der Waals surface area contributed by atoms with Crippen LogP contribution >= 0.6 is 0 Å². The molecular formula is C23H18N2O5. The molecule has 0 saturated carbocycles. The third-order valence-corrected chi connectivity index (χ3v) is 4.64. The molecule has 2 heterocycles. The number of nitrogens with zero attached hydrogens (tertiary/aromatic N) is 2. The highest BCUT2D eigenvalue weighted by Gasteiger charge is 2.34. The fourth-order valence-corrected chi connectivity index (χ4v) is 3.04. The zero-order valence-corrected chi connectivity index (χ0v) is 16.5. The number of furan rings is 1. The van der Waals surface area contributed by atoms with Gasteiger partial charge in [-0.05, 0) is 42.8 Å². The Morgan fingerprint density at radius 2 is 1.90 bits per heavy atom. The van der Waals surface area contributed by atoms with Gasteiger partial charge in [-0.2, -0.15) is 5.26 Å². The van der Waals surface area contributed by atoms with Gasteiger partial charge >= 0.3 is 5.97 Å². The van der Waals surface area contributed by atoms with Gasteiger partial charge < -0.3 is 9.15 Å². The molecule has 3 rings (SSSR count). The molecule has 150 valence electrons. The van der Waals surface area contributed by atoms with Crippen LogP contribution in [0.5, 0.6) is 0 Å². The molecule has 0 aliphatic carbocycles. The van der Waals surface area contributed by atoms with Crippen molar-refractivity contribution in [2.45, 2.75) is 6.92 Å². The second-order valence-corrected chi connectivity index (χ2v) is 6.45. The van der Waals surface area contributed by atoms with E-state index in [1.807, 2.05) is 6.07 Å². The minimum atomic E-state index is -0.636. The van der Waals surface area contributed by atoms with Gasteiger partial charge in [-0.15, -0.1) is 6.58 Å². The standard InChI is InChI=1S/C23H18N2O5/c1-4-11-25-21(26)18(14(2)19(13-24)22(25)27)12-17-9-10-20(30-17)15-5-7-16(8-6-15)23(28)29-3/h4-10,12H,1,11H2,2-3H3/b18-12+. The second kappa shape index (κ2) is 8.45. The first-order valence-corrected chi connectivity index (χ1v) is 9.00. The molecule has 0 spiro atoms. The average Bonchev–Trinajstić information content (AvgIpc) is 3.23. The van der Waals surface area contributed by atoms with E-state index in [9.17, 15) is 19.6 Å². The van der Waals surface area contributed by atoms with E-state index in [4.69, 9.17) is 4.42 Å². The maximum absolute atomic E-state index is 12.8. The van der Waals surface area contributed by atoms with Gasteiger partial charge in [0.15, 0.2) is 0 Å². The number of esters is 1. The minimum Gasteiger partial charge on any atom is -0.465 e. The number of carbonyl (C=O) groups excluding carboxylic acids is 3. The summed E-state index contributed by atoms with van der Waals surface area (Å²) in [6.07, 6.45) is 2.93. The lowest BCUT2D eigenvalue weighted by Crippen LogP contribution is -2.42. The Morgan fingerprint density at radius 3 is 2.50 bits per heavy atom. The number of amides is 2. The Kier molecular flexibility index (Phi) is 5.79. The number of imide groups is 1. The summed E-state index contributed by atoms with van der Waals surface area (Å²) in [6.45, 7) is 5.11. The summed E-state index contributed by atoms with van der Waals surface area (Å²) < 4.78 is 10.5. The molecular weight excluding hydrogens is 384 g/mol. The van der Waals surface area contributed by atoms with Crippen molar-refractivity contribution >= 4 is 23.9 Å². The third kappa shape index (κ3) is 3.71. The van der Waals surface area contributed by atoms with Gasteiger partial charge in [-0.25, -0.2) is 4.79 Å². The molecule has 0 radical (unpaired) electrons. The molecule has 1 aliphatic heterocycles. The first kappa shape index (κ1) is 20.6. The van der Waals surface area contributed by atoms with Gasteiger partial charge in [-0.1, -0.05) is 18.2 Å². The summed E-state index contributed by atoms with van der Waals surface area (Å²) in [5.41, 5.74) is 1.56. The highest BCUT2D eigenvalue weighted by molar-refractivity contribution is 6.19. The van der Waals surface area contributed by atoms with Crippen LogP contribution < -0.4 is 0 Å². The average molecular weight is 402 g/mol. The van der Waals surface area contributed by atoms with Gasteiger partial charge in [0.25, 0.3) is 11.8 Å². The van der Waals surface area contributed by atoms with Crippen LogP contribution in [-0.2, 0) is 14.3 Å². The van der Waals surface area contributed by atoms with Crippen LogP contribution in [0.25, 0.3) is 17.4 Å². The van der Waals surface area contributed by atoms with Crippen molar-refractivity contribution in [3.05, 3.63) is 77.1 Å². The van der Waals surface area contributed by atoms with E-state index in [2.05, 4.69) is 11.3 Å². The lowest BCUT2D eigenvalue weighted by molar-refractivity contribution is -0.139. The highest BCUT2D eigenvalue weighted by atomic mass is 16.5. The maximum Gasteiger partial charge on any atom is 0.337 e. The highest BCUT2D eigenvalue weighted by Crippen LogP contribution is 2.29. The summed E-state index contributed by atoms with van der Waals surface area (Å²) in [4.78, 5) is 37.6. The third-order valence-electron chi connectivity index (χ3n) is 4.64. The van der Waals surface area contributed by atoms with Crippen molar-refractivity contribution < 1.29 is 23.5 Å².